The van der Waals surface area contributed by atoms with Gasteiger partial charge in [-0.1, -0.05) is 19.1 Å². The molecule has 6 nitrogen and oxygen atoms in total. The van der Waals surface area contributed by atoms with E-state index in [0.717, 1.165) is 19.3 Å². The summed E-state index contributed by atoms with van der Waals surface area (Å²) < 4.78 is 5.59. The number of ether oxygens (including phenoxy) is 1. The molecule has 25 heavy (non-hydrogen) atoms. The van der Waals surface area contributed by atoms with Crippen LogP contribution >= 0.6 is 0 Å². The van der Waals surface area contributed by atoms with Crippen LogP contribution in [0.2, 0.25) is 0 Å². The molecule has 0 radical (unpaired) electrons. The number of hydrogen-bond donors (Lipinski definition) is 2. The summed E-state index contributed by atoms with van der Waals surface area (Å²) in [6, 6.07) is 7.79. The van der Waals surface area contributed by atoms with E-state index in [0.29, 0.717) is 30.0 Å². The molecule has 0 aromatic heterocycles. The largest absolute Gasteiger partial charge is 0.493 e. The molecule has 2 fully saturated rings. The molecule has 2 heterocycles. The molecular weight excluding hydrogens is 318 g/mol. The van der Waals surface area contributed by atoms with E-state index in [1.54, 1.807) is 18.2 Å². The van der Waals surface area contributed by atoms with Crippen LogP contribution in [0.25, 0.3) is 0 Å². The van der Waals surface area contributed by atoms with Gasteiger partial charge in [0.1, 0.15) is 5.75 Å². The van der Waals surface area contributed by atoms with E-state index in [4.69, 9.17) is 4.74 Å². The van der Waals surface area contributed by atoms with Crippen LogP contribution in [0.1, 0.15) is 49.4 Å². The lowest BCUT2D eigenvalue weighted by Crippen LogP contribution is -2.51. The third-order valence-corrected chi connectivity index (χ3v) is 5.25. The van der Waals surface area contributed by atoms with Gasteiger partial charge in [-0.3, -0.25) is 10.1 Å². The van der Waals surface area contributed by atoms with Crippen LogP contribution in [0.5, 0.6) is 5.75 Å². The van der Waals surface area contributed by atoms with Crippen LogP contribution in [0.4, 0.5) is 4.79 Å². The lowest BCUT2D eigenvalue weighted by molar-refractivity contribution is 0.0956. The van der Waals surface area contributed by atoms with Crippen molar-refractivity contribution in [3.8, 4) is 5.75 Å². The summed E-state index contributed by atoms with van der Waals surface area (Å²) >= 11 is 0. The van der Waals surface area contributed by atoms with Gasteiger partial charge in [0.15, 0.2) is 0 Å². The minimum Gasteiger partial charge on any atom is -0.493 e. The van der Waals surface area contributed by atoms with Crippen molar-refractivity contribution in [2.24, 2.45) is 0 Å². The molecule has 1 unspecified atom stereocenters. The van der Waals surface area contributed by atoms with Gasteiger partial charge in [0, 0.05) is 18.1 Å². The molecule has 2 bridgehead atoms. The van der Waals surface area contributed by atoms with Crippen molar-refractivity contribution >= 4 is 11.9 Å². The van der Waals surface area contributed by atoms with Crippen molar-refractivity contribution in [2.75, 3.05) is 13.7 Å². The smallest absolute Gasteiger partial charge is 0.321 e. The van der Waals surface area contributed by atoms with E-state index in [1.807, 2.05) is 13.0 Å². The Hall–Kier alpha value is -2.08. The fraction of sp³-hybridized carbons (Fsp3) is 0.579. The second-order valence-corrected chi connectivity index (χ2v) is 6.99. The predicted octanol–water partition coefficient (Wildman–Crippen LogP) is 2.54. The number of rotatable bonds is 5. The SMILES string of the molecule is CCCOc1ccccc1C(=O)NC(=O)NC1C[C@H]2CC[C@@H](C1)N2C. The number of para-hydroxylation sites is 1. The molecule has 2 saturated heterocycles. The maximum absolute atomic E-state index is 12.4. The number of piperidine rings is 1. The molecule has 1 aromatic rings. The molecule has 136 valence electrons. The van der Waals surface area contributed by atoms with Crippen LogP contribution in [0, 0.1) is 0 Å². The Morgan fingerprint density at radius 3 is 2.56 bits per heavy atom. The highest BCUT2D eigenvalue weighted by molar-refractivity contribution is 6.05. The molecule has 3 atom stereocenters. The van der Waals surface area contributed by atoms with Crippen LogP contribution in [-0.4, -0.2) is 48.6 Å². The highest BCUT2D eigenvalue weighted by Crippen LogP contribution is 2.34. The van der Waals surface area contributed by atoms with E-state index in [2.05, 4.69) is 22.6 Å². The van der Waals surface area contributed by atoms with Gasteiger partial charge in [-0.15, -0.1) is 0 Å². The average Bonchev–Trinajstić information content (AvgIpc) is 2.81. The van der Waals surface area contributed by atoms with Crippen molar-refractivity contribution in [2.45, 2.75) is 57.2 Å². The summed E-state index contributed by atoms with van der Waals surface area (Å²) in [7, 11) is 2.16. The number of urea groups is 1. The molecule has 0 aliphatic carbocycles. The molecule has 6 heteroatoms. The van der Waals surface area contributed by atoms with Crippen molar-refractivity contribution in [3.05, 3.63) is 29.8 Å². The summed E-state index contributed by atoms with van der Waals surface area (Å²) in [6.07, 6.45) is 5.15. The van der Waals surface area contributed by atoms with Gasteiger partial charge in [0.25, 0.3) is 5.91 Å². The van der Waals surface area contributed by atoms with Gasteiger partial charge in [-0.25, -0.2) is 4.79 Å². The van der Waals surface area contributed by atoms with E-state index < -0.39 is 11.9 Å². The highest BCUT2D eigenvalue weighted by atomic mass is 16.5. The van der Waals surface area contributed by atoms with E-state index in [1.165, 1.54) is 12.8 Å². The maximum Gasteiger partial charge on any atom is 0.321 e. The standard InChI is InChI=1S/C19H27N3O3/c1-3-10-25-17-7-5-4-6-16(17)18(23)21-19(24)20-13-11-14-8-9-15(12-13)22(14)2/h4-7,13-15H,3,8-12H2,1-2H3,(H2,20,21,23,24)/t13?,14-,15+. The molecule has 1 aromatic carbocycles. The summed E-state index contributed by atoms with van der Waals surface area (Å²) in [5.74, 6) is 0.0760. The molecule has 2 N–H and O–H groups in total. The number of carbonyl (C=O) groups excluding carboxylic acids is 2. The summed E-state index contributed by atoms with van der Waals surface area (Å²) in [6.45, 7) is 2.54. The zero-order valence-electron chi connectivity index (χ0n) is 15.0. The highest BCUT2D eigenvalue weighted by Gasteiger charge is 2.38. The Bertz CT molecular complexity index is 620. The predicted molar refractivity (Wildman–Crippen MR) is 95.8 cm³/mol. The van der Waals surface area contributed by atoms with Gasteiger partial charge < -0.3 is 15.0 Å². The first-order valence-corrected chi connectivity index (χ1v) is 9.14. The summed E-state index contributed by atoms with van der Waals surface area (Å²) in [4.78, 5) is 27.1. The third-order valence-electron chi connectivity index (χ3n) is 5.25. The zero-order chi connectivity index (χ0) is 17.8. The first kappa shape index (κ1) is 17.7. The number of nitrogens with one attached hydrogen (secondary N) is 2. The Balaban J connectivity index is 1.55. The van der Waals surface area contributed by atoms with Crippen LogP contribution in [-0.2, 0) is 0 Å². The molecule has 0 saturated carbocycles. The monoisotopic (exact) mass is 345 g/mol. The van der Waals surface area contributed by atoms with E-state index in [-0.39, 0.29) is 6.04 Å². The maximum atomic E-state index is 12.4. The summed E-state index contributed by atoms with van der Waals surface area (Å²) in [5.41, 5.74) is 0.384. The number of nitrogens with zero attached hydrogens (tertiary/aromatic N) is 1. The summed E-state index contributed by atoms with van der Waals surface area (Å²) in [5, 5.41) is 5.40. The van der Waals surface area contributed by atoms with Crippen molar-refractivity contribution in [1.29, 1.82) is 0 Å². The van der Waals surface area contributed by atoms with Gasteiger partial charge in [-0.05, 0) is 51.3 Å². The lowest BCUT2D eigenvalue weighted by Gasteiger charge is -2.36. The molecule has 0 spiro atoms. The molecule has 2 aliphatic rings. The number of benzene rings is 1. The molecule has 3 amide bonds. The minimum atomic E-state index is -0.430. The number of hydrogen-bond acceptors (Lipinski definition) is 4. The fourth-order valence-corrected chi connectivity index (χ4v) is 3.91. The topological polar surface area (TPSA) is 70.7 Å². The molecule has 2 aliphatic heterocycles. The number of carbonyl (C=O) groups is 2. The quantitative estimate of drug-likeness (QED) is 0.860. The van der Waals surface area contributed by atoms with Crippen LogP contribution < -0.4 is 15.4 Å². The fourth-order valence-electron chi connectivity index (χ4n) is 3.91. The number of imide groups is 1. The first-order chi connectivity index (χ1) is 12.1. The normalized spacial score (nSPS) is 25.4. The second-order valence-electron chi connectivity index (χ2n) is 6.99. The lowest BCUT2D eigenvalue weighted by atomic mass is 9.98. The van der Waals surface area contributed by atoms with Gasteiger partial charge in [0.2, 0.25) is 0 Å². The third kappa shape index (κ3) is 4.12. The second kappa shape index (κ2) is 7.87. The van der Waals surface area contributed by atoms with Crippen molar-refractivity contribution in [3.63, 3.8) is 0 Å². The molecule has 3 rings (SSSR count). The van der Waals surface area contributed by atoms with E-state index >= 15 is 0 Å². The van der Waals surface area contributed by atoms with Crippen molar-refractivity contribution in [1.82, 2.24) is 15.5 Å². The first-order valence-electron chi connectivity index (χ1n) is 9.14. The minimum absolute atomic E-state index is 0.132. The molecular formula is C19H27N3O3. The zero-order valence-corrected chi connectivity index (χ0v) is 15.0. The average molecular weight is 345 g/mol. The van der Waals surface area contributed by atoms with Gasteiger partial charge >= 0.3 is 6.03 Å². The number of amides is 3. The van der Waals surface area contributed by atoms with E-state index in [9.17, 15) is 9.59 Å². The van der Waals surface area contributed by atoms with Gasteiger partial charge in [-0.2, -0.15) is 0 Å². The Morgan fingerprint density at radius 2 is 1.88 bits per heavy atom. The van der Waals surface area contributed by atoms with Crippen molar-refractivity contribution < 1.29 is 14.3 Å². The Labute approximate surface area is 148 Å². The van der Waals surface area contributed by atoms with Gasteiger partial charge in [0.05, 0.1) is 12.2 Å². The van der Waals surface area contributed by atoms with Crippen LogP contribution in [0.15, 0.2) is 24.3 Å². The van der Waals surface area contributed by atoms with Crippen LogP contribution in [0.3, 0.4) is 0 Å². The number of fused-ring (bicyclic) bond motifs is 2. The Morgan fingerprint density at radius 1 is 1.20 bits per heavy atom. The Kier molecular flexibility index (Phi) is 5.58.